The van der Waals surface area contributed by atoms with E-state index in [1.165, 1.54) is 7.05 Å². The van der Waals surface area contributed by atoms with E-state index in [2.05, 4.69) is 5.32 Å². The summed E-state index contributed by atoms with van der Waals surface area (Å²) in [7, 11) is -1.54. The number of halogens is 2. The van der Waals surface area contributed by atoms with Crippen LogP contribution >= 0.6 is 11.6 Å². The van der Waals surface area contributed by atoms with E-state index >= 15 is 0 Å². The largest absolute Gasteiger partial charge is 0.490 e. The molecule has 0 bridgehead atoms. The van der Waals surface area contributed by atoms with Gasteiger partial charge in [0.2, 0.25) is 16.2 Å². The second-order valence-electron chi connectivity index (χ2n) is 5.28. The molecule has 1 saturated carbocycles. The molecule has 1 atom stereocenters. The topological polar surface area (TPSA) is 72.5 Å². The van der Waals surface area contributed by atoms with Gasteiger partial charge in [-0.05, 0) is 24.8 Å². The molecule has 8 heteroatoms. The van der Waals surface area contributed by atoms with Gasteiger partial charge in [0, 0.05) is 7.05 Å². The number of allylic oxidation sites excluding steroid dienone is 3. The van der Waals surface area contributed by atoms with Crippen LogP contribution < -0.4 is 5.32 Å². The number of likely N-dealkylation sites (N-methyl/N-ethyl adjacent to an activating group) is 1. The zero-order valence-corrected chi connectivity index (χ0v) is 13.6. The number of carbonyl (C=O) groups is 1. The average molecular weight is 350 g/mol. The Morgan fingerprint density at radius 1 is 1.45 bits per heavy atom. The van der Waals surface area contributed by atoms with Crippen molar-refractivity contribution in [1.29, 1.82) is 0 Å². The highest BCUT2D eigenvalue weighted by molar-refractivity contribution is 7.73. The number of rotatable bonds is 4. The molecule has 0 spiro atoms. The van der Waals surface area contributed by atoms with Crippen LogP contribution in [-0.2, 0) is 19.8 Å². The van der Waals surface area contributed by atoms with Gasteiger partial charge in [-0.25, -0.2) is 4.39 Å². The maximum atomic E-state index is 14.4. The fraction of sp³-hybridized carbons (Fsp3) is 0.571. The Morgan fingerprint density at radius 3 is 2.64 bits per heavy atom. The van der Waals surface area contributed by atoms with Crippen molar-refractivity contribution in [3.8, 4) is 0 Å². The summed E-state index contributed by atoms with van der Waals surface area (Å²) in [5, 5.41) is 2.17. The molecule has 22 heavy (non-hydrogen) atoms. The van der Waals surface area contributed by atoms with Crippen LogP contribution in [-0.4, -0.2) is 39.0 Å². The summed E-state index contributed by atoms with van der Waals surface area (Å²) in [6.45, 7) is 0.294. The van der Waals surface area contributed by atoms with E-state index in [1.54, 1.807) is 0 Å². The van der Waals surface area contributed by atoms with E-state index in [1.807, 2.05) is 0 Å². The maximum absolute atomic E-state index is 14.4. The van der Waals surface area contributed by atoms with Crippen molar-refractivity contribution < 1.29 is 22.3 Å². The molecule has 1 unspecified atom stereocenters. The normalized spacial score (nSPS) is 22.6. The third-order valence-corrected chi connectivity index (χ3v) is 4.87. The van der Waals surface area contributed by atoms with E-state index < -0.39 is 27.2 Å². The molecular weight excluding hydrogens is 333 g/mol. The van der Waals surface area contributed by atoms with Crippen molar-refractivity contribution in [1.82, 2.24) is 5.32 Å². The van der Waals surface area contributed by atoms with Crippen molar-refractivity contribution in [2.24, 2.45) is 5.92 Å². The van der Waals surface area contributed by atoms with Gasteiger partial charge in [0.05, 0.1) is 17.2 Å². The third kappa shape index (κ3) is 3.52. The number of amides is 1. The molecule has 0 heterocycles. The van der Waals surface area contributed by atoms with Crippen molar-refractivity contribution in [2.45, 2.75) is 31.9 Å². The first-order valence-corrected chi connectivity index (χ1v) is 8.47. The highest BCUT2D eigenvalue weighted by Crippen LogP contribution is 2.30. The summed E-state index contributed by atoms with van der Waals surface area (Å²) in [6.07, 6.45) is 3.25. The Morgan fingerprint density at radius 2 is 2.09 bits per heavy atom. The molecule has 1 fully saturated rings. The molecule has 0 saturated heterocycles. The number of nitrogens with one attached hydrogen (secondary N) is 1. The van der Waals surface area contributed by atoms with Crippen LogP contribution in [0.2, 0.25) is 0 Å². The van der Waals surface area contributed by atoms with Gasteiger partial charge in [0.15, 0.2) is 16.8 Å². The fourth-order valence-electron chi connectivity index (χ4n) is 2.65. The van der Waals surface area contributed by atoms with Gasteiger partial charge in [0.25, 0.3) is 0 Å². The predicted molar refractivity (Wildman–Crippen MR) is 81.8 cm³/mol. The lowest BCUT2D eigenvalue weighted by Crippen LogP contribution is -2.34. The number of alkyl halides is 1. The van der Waals surface area contributed by atoms with Gasteiger partial charge in [-0.2, -0.15) is 8.42 Å². The zero-order chi connectivity index (χ0) is 16.3. The molecule has 0 radical (unpaired) electrons. The first-order chi connectivity index (χ1) is 10.5. The molecular formula is C14H17ClFNO4S. The molecule has 0 aliphatic heterocycles. The minimum atomic E-state index is -2.87. The van der Waals surface area contributed by atoms with Gasteiger partial charge >= 0.3 is 0 Å². The van der Waals surface area contributed by atoms with Gasteiger partial charge in [-0.3, -0.25) is 4.79 Å². The Kier molecular flexibility index (Phi) is 5.63. The Labute approximate surface area is 134 Å². The van der Waals surface area contributed by atoms with Crippen LogP contribution in [0.3, 0.4) is 0 Å². The smallest absolute Gasteiger partial charge is 0.250 e. The van der Waals surface area contributed by atoms with Crippen LogP contribution in [0.1, 0.15) is 25.7 Å². The first kappa shape index (κ1) is 17.0. The van der Waals surface area contributed by atoms with Gasteiger partial charge in [0.1, 0.15) is 0 Å². The first-order valence-electron chi connectivity index (χ1n) is 7.02. The van der Waals surface area contributed by atoms with E-state index in [-0.39, 0.29) is 16.4 Å². The molecule has 0 aromatic rings. The van der Waals surface area contributed by atoms with Crippen LogP contribution in [0.5, 0.6) is 0 Å². The highest BCUT2D eigenvalue weighted by atomic mass is 35.5. The van der Waals surface area contributed by atoms with E-state index in [0.29, 0.717) is 12.5 Å². The molecule has 5 nitrogen and oxygen atoms in total. The summed E-state index contributed by atoms with van der Waals surface area (Å²) in [4.78, 5) is 11.0. The lowest BCUT2D eigenvalue weighted by atomic mass is 10.00. The SMILES string of the molecule is CNC(=O)C1=CC(Cl)=C(OCC2CCCC2)C(=S(=O)=O)C1F. The molecule has 1 N–H and O–H groups in total. The number of hydrogen-bond donors (Lipinski definition) is 1. The van der Waals surface area contributed by atoms with Crippen molar-refractivity contribution in [2.75, 3.05) is 13.7 Å². The van der Waals surface area contributed by atoms with Gasteiger partial charge in [-0.1, -0.05) is 24.4 Å². The minimum Gasteiger partial charge on any atom is -0.490 e. The number of hydrogen-bond acceptors (Lipinski definition) is 4. The lowest BCUT2D eigenvalue weighted by molar-refractivity contribution is -0.117. The van der Waals surface area contributed by atoms with E-state index in [9.17, 15) is 17.6 Å². The molecule has 0 aromatic heterocycles. The number of carbonyl (C=O) groups excluding carboxylic acids is 1. The highest BCUT2D eigenvalue weighted by Gasteiger charge is 2.35. The molecule has 1 amide bonds. The summed E-state index contributed by atoms with van der Waals surface area (Å²) in [6, 6.07) is 0. The number of ether oxygens (including phenoxy) is 1. The molecule has 2 aliphatic carbocycles. The van der Waals surface area contributed by atoms with Crippen molar-refractivity contribution >= 4 is 32.7 Å². The third-order valence-electron chi connectivity index (χ3n) is 3.83. The second kappa shape index (κ2) is 7.28. The molecule has 122 valence electrons. The summed E-state index contributed by atoms with van der Waals surface area (Å²) < 4.78 is 42.6. The van der Waals surface area contributed by atoms with Gasteiger partial charge in [-0.15, -0.1) is 0 Å². The van der Waals surface area contributed by atoms with Gasteiger partial charge < -0.3 is 10.1 Å². The Hall–Kier alpha value is -1.34. The van der Waals surface area contributed by atoms with Crippen molar-refractivity contribution in [3.63, 3.8) is 0 Å². The predicted octanol–water partition coefficient (Wildman–Crippen LogP) is 1.72. The monoisotopic (exact) mass is 349 g/mol. The van der Waals surface area contributed by atoms with E-state index in [0.717, 1.165) is 31.8 Å². The van der Waals surface area contributed by atoms with Crippen molar-refractivity contribution in [3.05, 3.63) is 22.4 Å². The second-order valence-corrected chi connectivity index (χ2v) is 6.60. The zero-order valence-electron chi connectivity index (χ0n) is 12.1. The van der Waals surface area contributed by atoms with Crippen LogP contribution in [0.15, 0.2) is 22.4 Å². The fourth-order valence-corrected chi connectivity index (χ4v) is 3.60. The molecule has 0 aromatic carbocycles. The van der Waals surface area contributed by atoms with Crippen LogP contribution in [0.4, 0.5) is 4.39 Å². The quantitative estimate of drug-likeness (QED) is 0.784. The molecule has 2 rings (SSSR count). The Balaban J connectivity index is 2.32. The summed E-state index contributed by atoms with van der Waals surface area (Å²) in [5.74, 6) is -0.592. The molecule has 2 aliphatic rings. The summed E-state index contributed by atoms with van der Waals surface area (Å²) >= 11 is 6.01. The maximum Gasteiger partial charge on any atom is 0.250 e. The minimum absolute atomic E-state index is 0.0790. The lowest BCUT2D eigenvalue weighted by Gasteiger charge is -2.22. The van der Waals surface area contributed by atoms with Crippen LogP contribution in [0, 0.1) is 5.92 Å². The van der Waals surface area contributed by atoms with Crippen LogP contribution in [0.25, 0.3) is 0 Å². The standard InChI is InChI=1S/C14H17ClFNO4S/c1-17-14(18)9-6-10(15)12(13(11(9)16)22(19)20)21-7-8-4-2-3-5-8/h6,8,11H,2-5,7H2,1H3,(H,17,18). The Bertz CT molecular complexity index is 654. The average Bonchev–Trinajstić information content (AvgIpc) is 2.99. The summed E-state index contributed by atoms with van der Waals surface area (Å²) in [5.41, 5.74) is -0.347. The van der Waals surface area contributed by atoms with E-state index in [4.69, 9.17) is 16.3 Å².